The molecule has 1 N–H and O–H groups in total. The van der Waals surface area contributed by atoms with E-state index < -0.39 is 10.0 Å². The largest absolute Gasteiger partial charge is 0.294 e. The number of aryl methyl sites for hydroxylation is 4. The van der Waals surface area contributed by atoms with Crippen molar-refractivity contribution in [2.24, 2.45) is 0 Å². The third kappa shape index (κ3) is 3.31. The van der Waals surface area contributed by atoms with Gasteiger partial charge in [0.25, 0.3) is 10.0 Å². The molecule has 0 radical (unpaired) electrons. The molecule has 0 aliphatic carbocycles. The Balaban J connectivity index is 1.69. The molecule has 0 atom stereocenters. The summed E-state index contributed by atoms with van der Waals surface area (Å²) in [6, 6.07) is 11.0. The number of nitrogens with zero attached hydrogens (tertiary/aromatic N) is 2. The molecular weight excluding hydrogens is 390 g/mol. The predicted molar refractivity (Wildman–Crippen MR) is 115 cm³/mol. The average Bonchev–Trinajstić information content (AvgIpc) is 3.20. The van der Waals surface area contributed by atoms with E-state index in [1.807, 2.05) is 62.6 Å². The third-order valence-electron chi connectivity index (χ3n) is 4.88. The van der Waals surface area contributed by atoms with Crippen molar-refractivity contribution < 1.29 is 8.42 Å². The summed E-state index contributed by atoms with van der Waals surface area (Å²) in [4.78, 5) is 5.86. The quantitative estimate of drug-likeness (QED) is 0.508. The van der Waals surface area contributed by atoms with Crippen molar-refractivity contribution >= 4 is 32.0 Å². The molecule has 0 bridgehead atoms. The van der Waals surface area contributed by atoms with Gasteiger partial charge in [-0.05, 0) is 62.6 Å². The Morgan fingerprint density at radius 2 is 1.75 bits per heavy atom. The second-order valence-electron chi connectivity index (χ2n) is 7.04. The number of hydrogen-bond donors (Lipinski definition) is 1. The van der Waals surface area contributed by atoms with Gasteiger partial charge in [-0.3, -0.25) is 9.12 Å². The van der Waals surface area contributed by atoms with Crippen LogP contribution in [0.15, 0.2) is 52.9 Å². The van der Waals surface area contributed by atoms with Gasteiger partial charge in [0.05, 0.1) is 10.6 Å². The number of imidazole rings is 1. The highest BCUT2D eigenvalue weighted by atomic mass is 32.2. The number of aromatic nitrogens is 2. The number of thiazole rings is 1. The number of hydrogen-bond acceptors (Lipinski definition) is 4. The Kier molecular flexibility index (Phi) is 4.51. The molecule has 0 saturated heterocycles. The zero-order chi connectivity index (χ0) is 20.1. The first-order chi connectivity index (χ1) is 13.2. The Labute approximate surface area is 168 Å². The van der Waals surface area contributed by atoms with Crippen LogP contribution in [0.5, 0.6) is 0 Å². The van der Waals surface area contributed by atoms with Gasteiger partial charge in [-0.15, -0.1) is 11.3 Å². The summed E-state index contributed by atoms with van der Waals surface area (Å²) in [7, 11) is -3.68. The zero-order valence-corrected chi connectivity index (χ0v) is 17.8. The molecule has 0 amide bonds. The monoisotopic (exact) mass is 411 g/mol. The summed E-state index contributed by atoms with van der Waals surface area (Å²) in [5.41, 5.74) is 6.09. The molecule has 0 saturated carbocycles. The molecule has 0 aliphatic heterocycles. The highest BCUT2D eigenvalue weighted by Crippen LogP contribution is 2.27. The fraction of sp³-hybridized carbons (Fsp3) is 0.190. The highest BCUT2D eigenvalue weighted by molar-refractivity contribution is 7.92. The summed E-state index contributed by atoms with van der Waals surface area (Å²) in [6.07, 6.45) is 1.97. The highest BCUT2D eigenvalue weighted by Gasteiger charge is 2.18. The van der Waals surface area contributed by atoms with Crippen LogP contribution in [0.2, 0.25) is 0 Å². The van der Waals surface area contributed by atoms with Gasteiger partial charge in [0.1, 0.15) is 0 Å². The minimum Gasteiger partial charge on any atom is -0.294 e. The maximum atomic E-state index is 12.9. The van der Waals surface area contributed by atoms with Crippen molar-refractivity contribution in [3.63, 3.8) is 0 Å². The standard InChI is InChI=1S/C21H21N3O2S2/c1-13-8-15(3)20(9-14(13)2)28(25,26)23-18-7-5-6-17(10-18)19-11-24-16(4)12-27-21(24)22-19/h5-12,23H,1-4H3. The minimum atomic E-state index is -3.68. The number of fused-ring (bicyclic) bond motifs is 1. The Morgan fingerprint density at radius 3 is 2.50 bits per heavy atom. The SMILES string of the molecule is Cc1cc(C)c(S(=O)(=O)Nc2cccc(-c3cn4c(C)csc4n3)c2)cc1C. The normalized spacial score (nSPS) is 11.9. The van der Waals surface area contributed by atoms with Crippen molar-refractivity contribution in [3.05, 3.63) is 70.4 Å². The van der Waals surface area contributed by atoms with Crippen LogP contribution in [0.25, 0.3) is 16.2 Å². The number of sulfonamides is 1. The fourth-order valence-electron chi connectivity index (χ4n) is 3.21. The first-order valence-electron chi connectivity index (χ1n) is 8.89. The maximum Gasteiger partial charge on any atom is 0.262 e. The topological polar surface area (TPSA) is 63.5 Å². The maximum absolute atomic E-state index is 12.9. The molecule has 4 rings (SSSR count). The molecule has 28 heavy (non-hydrogen) atoms. The average molecular weight is 412 g/mol. The van der Waals surface area contributed by atoms with Crippen LogP contribution in [0.4, 0.5) is 5.69 Å². The minimum absolute atomic E-state index is 0.305. The Morgan fingerprint density at radius 1 is 1.00 bits per heavy atom. The fourth-order valence-corrected chi connectivity index (χ4v) is 5.42. The second-order valence-corrected chi connectivity index (χ2v) is 9.53. The van der Waals surface area contributed by atoms with Crippen LogP contribution < -0.4 is 4.72 Å². The van der Waals surface area contributed by atoms with Crippen LogP contribution in [0.3, 0.4) is 0 Å². The van der Waals surface area contributed by atoms with Gasteiger partial charge in [0.2, 0.25) is 0 Å². The van der Waals surface area contributed by atoms with Gasteiger partial charge >= 0.3 is 0 Å². The van der Waals surface area contributed by atoms with Gasteiger partial charge in [0.15, 0.2) is 4.96 Å². The predicted octanol–water partition coefficient (Wildman–Crippen LogP) is 5.10. The van der Waals surface area contributed by atoms with Crippen LogP contribution >= 0.6 is 11.3 Å². The van der Waals surface area contributed by atoms with E-state index in [1.165, 1.54) is 0 Å². The van der Waals surface area contributed by atoms with Crippen molar-refractivity contribution in [2.45, 2.75) is 32.6 Å². The first-order valence-corrected chi connectivity index (χ1v) is 11.3. The lowest BCUT2D eigenvalue weighted by atomic mass is 10.1. The van der Waals surface area contributed by atoms with E-state index in [-0.39, 0.29) is 0 Å². The summed E-state index contributed by atoms with van der Waals surface area (Å²) in [5.74, 6) is 0. The van der Waals surface area contributed by atoms with E-state index in [4.69, 9.17) is 0 Å². The molecule has 2 aromatic carbocycles. The third-order valence-corrected chi connectivity index (χ3v) is 7.36. The van der Waals surface area contributed by atoms with Gasteiger partial charge in [0, 0.05) is 28.5 Å². The summed E-state index contributed by atoms with van der Waals surface area (Å²) in [5, 5.41) is 2.06. The van der Waals surface area contributed by atoms with Crippen LogP contribution in [-0.4, -0.2) is 17.8 Å². The van der Waals surface area contributed by atoms with Crippen molar-refractivity contribution in [1.29, 1.82) is 0 Å². The van der Waals surface area contributed by atoms with Gasteiger partial charge in [-0.25, -0.2) is 13.4 Å². The van der Waals surface area contributed by atoms with Gasteiger partial charge in [-0.1, -0.05) is 18.2 Å². The molecule has 0 fully saturated rings. The summed E-state index contributed by atoms with van der Waals surface area (Å²) in [6.45, 7) is 7.75. The van der Waals surface area contributed by atoms with Crippen molar-refractivity contribution in [2.75, 3.05) is 4.72 Å². The molecule has 0 unspecified atom stereocenters. The van der Waals surface area contributed by atoms with E-state index in [1.54, 1.807) is 23.5 Å². The zero-order valence-electron chi connectivity index (χ0n) is 16.1. The molecule has 4 aromatic rings. The molecule has 0 spiro atoms. The van der Waals surface area contributed by atoms with E-state index in [0.29, 0.717) is 10.6 Å². The van der Waals surface area contributed by atoms with Crippen molar-refractivity contribution in [1.82, 2.24) is 9.38 Å². The second kappa shape index (κ2) is 6.76. The van der Waals surface area contributed by atoms with E-state index in [0.717, 1.165) is 38.6 Å². The first kappa shape index (κ1) is 18.7. The van der Waals surface area contributed by atoms with Gasteiger partial charge in [-0.2, -0.15) is 0 Å². The van der Waals surface area contributed by atoms with Gasteiger partial charge < -0.3 is 0 Å². The lowest BCUT2D eigenvalue weighted by Gasteiger charge is -2.13. The number of rotatable bonds is 4. The Hall–Kier alpha value is -2.64. The van der Waals surface area contributed by atoms with E-state index in [9.17, 15) is 8.42 Å². The van der Waals surface area contributed by atoms with E-state index in [2.05, 4.69) is 15.1 Å². The molecule has 7 heteroatoms. The molecule has 0 aliphatic rings. The van der Waals surface area contributed by atoms with Crippen LogP contribution in [-0.2, 0) is 10.0 Å². The molecule has 144 valence electrons. The lowest BCUT2D eigenvalue weighted by Crippen LogP contribution is -2.14. The lowest BCUT2D eigenvalue weighted by molar-refractivity contribution is 0.600. The smallest absolute Gasteiger partial charge is 0.262 e. The number of benzene rings is 2. The van der Waals surface area contributed by atoms with Crippen LogP contribution in [0, 0.1) is 27.7 Å². The van der Waals surface area contributed by atoms with Crippen molar-refractivity contribution in [3.8, 4) is 11.3 Å². The Bertz CT molecular complexity index is 1300. The molecule has 5 nitrogen and oxygen atoms in total. The van der Waals surface area contributed by atoms with Crippen LogP contribution in [0.1, 0.15) is 22.4 Å². The van der Waals surface area contributed by atoms with E-state index >= 15 is 0 Å². The number of nitrogens with one attached hydrogen (secondary N) is 1. The molecular formula is C21H21N3O2S2. The molecule has 2 heterocycles. The summed E-state index contributed by atoms with van der Waals surface area (Å²) >= 11 is 1.59. The number of anilines is 1. The molecule has 2 aromatic heterocycles. The summed E-state index contributed by atoms with van der Waals surface area (Å²) < 4.78 is 30.6.